The van der Waals surface area contributed by atoms with Crippen molar-refractivity contribution in [3.8, 4) is 17.2 Å². The number of thioether (sulfide) groups is 1. The Morgan fingerprint density at radius 1 is 1.18 bits per heavy atom. The molecule has 1 aliphatic rings. The molecule has 2 aromatic carbocycles. The highest BCUT2D eigenvalue weighted by molar-refractivity contribution is 8.13. The molecule has 1 atom stereocenters. The Hall–Kier alpha value is -3.26. The van der Waals surface area contributed by atoms with E-state index in [2.05, 4.69) is 4.98 Å². The van der Waals surface area contributed by atoms with Gasteiger partial charge in [-0.05, 0) is 68.8 Å². The molecule has 1 aromatic heterocycles. The summed E-state index contributed by atoms with van der Waals surface area (Å²) in [5.74, 6) is 1.55. The predicted molar refractivity (Wildman–Crippen MR) is 125 cm³/mol. The van der Waals surface area contributed by atoms with Gasteiger partial charge in [-0.1, -0.05) is 24.3 Å². The molecular weight excluding hydrogens is 440 g/mol. The monoisotopic (exact) mass is 466 g/mol. The van der Waals surface area contributed by atoms with Crippen molar-refractivity contribution < 1.29 is 23.5 Å². The predicted octanol–water partition coefficient (Wildman–Crippen LogP) is 5.47. The van der Waals surface area contributed by atoms with Crippen LogP contribution in [-0.2, 0) is 16.1 Å². The molecule has 0 unspecified atom stereocenters. The highest BCUT2D eigenvalue weighted by Crippen LogP contribution is 2.30. The highest BCUT2D eigenvalue weighted by atomic mass is 32.2. The Bertz CT molecular complexity index is 1110. The lowest BCUT2D eigenvalue weighted by Crippen LogP contribution is -2.39. The van der Waals surface area contributed by atoms with Crippen LogP contribution in [0.4, 0.5) is 4.79 Å². The molecule has 0 aliphatic carbocycles. The smallest absolute Gasteiger partial charge is 0.328 e. The Kier molecular flexibility index (Phi) is 7.34. The molecule has 7 nitrogen and oxygen atoms in total. The first-order chi connectivity index (χ1) is 16.0. The van der Waals surface area contributed by atoms with Gasteiger partial charge in [0.1, 0.15) is 29.9 Å². The van der Waals surface area contributed by atoms with E-state index in [0.29, 0.717) is 37.0 Å². The fourth-order valence-electron chi connectivity index (χ4n) is 3.67. The molecule has 4 rings (SSSR count). The lowest BCUT2D eigenvalue weighted by atomic mass is 10.2. The average molecular weight is 467 g/mol. The minimum Gasteiger partial charge on any atom is -0.487 e. The number of hydrogen-bond acceptors (Lipinski definition) is 7. The number of hydrogen-bond donors (Lipinski definition) is 0. The third-order valence-corrected chi connectivity index (χ3v) is 6.24. The Labute approximate surface area is 197 Å². The number of oxazole rings is 1. The van der Waals surface area contributed by atoms with Gasteiger partial charge in [0.25, 0.3) is 5.24 Å². The van der Waals surface area contributed by atoms with E-state index in [1.165, 1.54) is 0 Å². The minimum atomic E-state index is -0.502. The molecule has 0 saturated carbocycles. The molecule has 172 valence electrons. The van der Waals surface area contributed by atoms with Crippen LogP contribution in [0.3, 0.4) is 0 Å². The number of esters is 1. The van der Waals surface area contributed by atoms with E-state index in [-0.39, 0.29) is 17.8 Å². The largest absolute Gasteiger partial charge is 0.487 e. The van der Waals surface area contributed by atoms with Crippen molar-refractivity contribution in [3.63, 3.8) is 0 Å². The first-order valence-corrected chi connectivity index (χ1v) is 11.8. The molecule has 0 spiro atoms. The number of nitrogens with zero attached hydrogens (tertiary/aromatic N) is 2. The van der Waals surface area contributed by atoms with Crippen LogP contribution in [0.25, 0.3) is 11.5 Å². The van der Waals surface area contributed by atoms with Gasteiger partial charge in [-0.15, -0.1) is 0 Å². The summed E-state index contributed by atoms with van der Waals surface area (Å²) in [7, 11) is 0. The molecule has 0 radical (unpaired) electrons. The number of carbonyl (C=O) groups is 2. The lowest BCUT2D eigenvalue weighted by molar-refractivity contribution is -0.147. The van der Waals surface area contributed by atoms with Gasteiger partial charge in [-0.3, -0.25) is 4.79 Å². The molecule has 1 aliphatic heterocycles. The van der Waals surface area contributed by atoms with E-state index in [0.717, 1.165) is 34.3 Å². The SMILES string of the molecule is CCOC(=O)[C@H]1CCCN1C(=O)Sc1cccc(OCc2nc(-c3ccccc3)oc2C)c1. The quantitative estimate of drug-likeness (QED) is 0.337. The molecule has 0 N–H and O–H groups in total. The zero-order valence-corrected chi connectivity index (χ0v) is 19.5. The minimum absolute atomic E-state index is 0.164. The number of aromatic nitrogens is 1. The second kappa shape index (κ2) is 10.6. The molecule has 8 heteroatoms. The summed E-state index contributed by atoms with van der Waals surface area (Å²) in [5.41, 5.74) is 1.63. The maximum atomic E-state index is 12.8. The summed E-state index contributed by atoms with van der Waals surface area (Å²) in [6.45, 7) is 4.74. The van der Waals surface area contributed by atoms with Crippen LogP contribution in [0.2, 0.25) is 0 Å². The standard InChI is InChI=1S/C25H26N2O5S/c1-3-30-24(28)22-13-8-14-27(22)25(29)33-20-12-7-11-19(15-20)31-16-21-17(2)32-23(26-21)18-9-5-4-6-10-18/h4-7,9-12,15,22H,3,8,13-14,16H2,1-2H3/t22-/m1/s1. The molecule has 2 heterocycles. The van der Waals surface area contributed by atoms with Gasteiger partial charge in [0.2, 0.25) is 5.89 Å². The summed E-state index contributed by atoms with van der Waals surface area (Å²) in [4.78, 5) is 31.9. The van der Waals surface area contributed by atoms with E-state index in [9.17, 15) is 9.59 Å². The van der Waals surface area contributed by atoms with Crippen LogP contribution >= 0.6 is 11.8 Å². The second-order valence-electron chi connectivity index (χ2n) is 7.62. The van der Waals surface area contributed by atoms with Crippen molar-refractivity contribution in [2.45, 2.75) is 44.2 Å². The lowest BCUT2D eigenvalue weighted by Gasteiger charge is -2.22. The summed E-state index contributed by atoms with van der Waals surface area (Å²) < 4.78 is 16.8. The van der Waals surface area contributed by atoms with Gasteiger partial charge in [0.05, 0.1) is 6.61 Å². The van der Waals surface area contributed by atoms with Crippen LogP contribution in [0.5, 0.6) is 5.75 Å². The Morgan fingerprint density at radius 3 is 2.79 bits per heavy atom. The summed E-state index contributed by atoms with van der Waals surface area (Å²) in [5, 5.41) is -0.164. The van der Waals surface area contributed by atoms with Gasteiger partial charge in [0.15, 0.2) is 0 Å². The topological polar surface area (TPSA) is 81.9 Å². The summed E-state index contributed by atoms with van der Waals surface area (Å²) in [6, 6.07) is 16.5. The fraction of sp³-hybridized carbons (Fsp3) is 0.320. The maximum Gasteiger partial charge on any atom is 0.328 e. The number of rotatable bonds is 7. The van der Waals surface area contributed by atoms with Crippen molar-refractivity contribution in [2.24, 2.45) is 0 Å². The van der Waals surface area contributed by atoms with Crippen LogP contribution < -0.4 is 4.74 Å². The van der Waals surface area contributed by atoms with E-state index < -0.39 is 6.04 Å². The van der Waals surface area contributed by atoms with Gasteiger partial charge < -0.3 is 18.8 Å². The van der Waals surface area contributed by atoms with Crippen molar-refractivity contribution in [3.05, 3.63) is 66.1 Å². The van der Waals surface area contributed by atoms with Crippen LogP contribution in [0, 0.1) is 6.92 Å². The third kappa shape index (κ3) is 5.57. The van der Waals surface area contributed by atoms with Gasteiger partial charge in [-0.25, -0.2) is 9.78 Å². The highest BCUT2D eigenvalue weighted by Gasteiger charge is 2.35. The van der Waals surface area contributed by atoms with E-state index in [1.54, 1.807) is 11.8 Å². The molecule has 1 amide bonds. The molecule has 1 saturated heterocycles. The van der Waals surface area contributed by atoms with Crippen LogP contribution in [-0.4, -0.2) is 40.3 Å². The normalized spacial score (nSPS) is 15.5. The van der Waals surface area contributed by atoms with Crippen LogP contribution in [0.15, 0.2) is 63.9 Å². The van der Waals surface area contributed by atoms with Crippen molar-refractivity contribution in [2.75, 3.05) is 13.2 Å². The maximum absolute atomic E-state index is 12.8. The Morgan fingerprint density at radius 2 is 2.00 bits per heavy atom. The Balaban J connectivity index is 1.38. The number of aryl methyl sites for hydroxylation is 1. The molecule has 1 fully saturated rings. The van der Waals surface area contributed by atoms with Crippen molar-refractivity contribution in [1.29, 1.82) is 0 Å². The first-order valence-electron chi connectivity index (χ1n) is 10.9. The fourth-order valence-corrected chi connectivity index (χ4v) is 4.53. The third-order valence-electron chi connectivity index (χ3n) is 5.35. The van der Waals surface area contributed by atoms with Gasteiger partial charge in [0, 0.05) is 17.0 Å². The molecular formula is C25H26N2O5S. The van der Waals surface area contributed by atoms with E-state index in [1.807, 2.05) is 61.5 Å². The number of amides is 1. The van der Waals surface area contributed by atoms with Gasteiger partial charge >= 0.3 is 5.97 Å². The number of ether oxygens (including phenoxy) is 2. The number of benzene rings is 2. The zero-order valence-electron chi connectivity index (χ0n) is 18.7. The van der Waals surface area contributed by atoms with E-state index >= 15 is 0 Å². The molecule has 33 heavy (non-hydrogen) atoms. The summed E-state index contributed by atoms with van der Waals surface area (Å²) in [6.07, 6.45) is 1.43. The number of likely N-dealkylation sites (tertiary alicyclic amines) is 1. The second-order valence-corrected chi connectivity index (χ2v) is 8.65. The van der Waals surface area contributed by atoms with E-state index in [4.69, 9.17) is 13.9 Å². The molecule has 3 aromatic rings. The van der Waals surface area contributed by atoms with Crippen molar-refractivity contribution in [1.82, 2.24) is 9.88 Å². The average Bonchev–Trinajstić information content (AvgIpc) is 3.46. The zero-order chi connectivity index (χ0) is 23.2. The van der Waals surface area contributed by atoms with Crippen LogP contribution in [0.1, 0.15) is 31.2 Å². The van der Waals surface area contributed by atoms with Crippen molar-refractivity contribution >= 4 is 23.0 Å². The first kappa shape index (κ1) is 22.9. The van der Waals surface area contributed by atoms with Gasteiger partial charge in [-0.2, -0.15) is 0 Å². The summed E-state index contributed by atoms with van der Waals surface area (Å²) >= 11 is 1.09. The number of carbonyl (C=O) groups excluding carboxylic acids is 2. The molecule has 0 bridgehead atoms.